The number of rotatable bonds is 5. The molecule has 0 bridgehead atoms. The Hall–Kier alpha value is -1.63. The fourth-order valence-corrected chi connectivity index (χ4v) is 1.25. The average molecular weight is 248 g/mol. The molecule has 7 heteroatoms. The molecule has 0 saturated carbocycles. The van der Waals surface area contributed by atoms with E-state index in [-0.39, 0.29) is 12.2 Å². The molecule has 1 rings (SSSR count). The van der Waals surface area contributed by atoms with Crippen LogP contribution in [-0.4, -0.2) is 24.2 Å². The van der Waals surface area contributed by atoms with Crippen molar-refractivity contribution in [3.63, 3.8) is 0 Å². The van der Waals surface area contributed by atoms with Gasteiger partial charge in [-0.1, -0.05) is 12.1 Å². The lowest BCUT2D eigenvalue weighted by Gasteiger charge is -2.07. The number of hydrogen-bond acceptors (Lipinski definition) is 3. The van der Waals surface area contributed by atoms with Gasteiger partial charge in [0, 0.05) is 12.1 Å². The minimum absolute atomic E-state index is 0.0306. The van der Waals surface area contributed by atoms with Crippen LogP contribution in [0.4, 0.5) is 18.9 Å². The summed E-state index contributed by atoms with van der Waals surface area (Å²) in [5.74, 6) is 0. The summed E-state index contributed by atoms with van der Waals surface area (Å²) < 4.78 is 35.4. The number of nitro benzene ring substituents is 1. The van der Waals surface area contributed by atoms with Crippen LogP contribution in [0.3, 0.4) is 0 Å². The molecule has 0 aliphatic heterocycles. The molecule has 0 aliphatic rings. The Morgan fingerprint density at radius 1 is 1.24 bits per heavy atom. The van der Waals surface area contributed by atoms with Crippen LogP contribution in [0.25, 0.3) is 0 Å². The van der Waals surface area contributed by atoms with E-state index in [0.717, 1.165) is 5.56 Å². The highest BCUT2D eigenvalue weighted by Crippen LogP contribution is 2.13. The molecule has 0 aliphatic carbocycles. The van der Waals surface area contributed by atoms with Gasteiger partial charge in [-0.15, -0.1) is 0 Å². The lowest BCUT2D eigenvalue weighted by molar-refractivity contribution is -0.384. The maximum Gasteiger partial charge on any atom is 0.401 e. The van der Waals surface area contributed by atoms with Crippen molar-refractivity contribution in [1.82, 2.24) is 5.32 Å². The van der Waals surface area contributed by atoms with Gasteiger partial charge in [-0.05, 0) is 18.5 Å². The summed E-state index contributed by atoms with van der Waals surface area (Å²) in [5, 5.41) is 12.6. The maximum atomic E-state index is 11.8. The van der Waals surface area contributed by atoms with E-state index in [1.165, 1.54) is 24.3 Å². The third kappa shape index (κ3) is 5.30. The second-order valence-corrected chi connectivity index (χ2v) is 3.47. The van der Waals surface area contributed by atoms with Crippen molar-refractivity contribution >= 4 is 5.69 Å². The van der Waals surface area contributed by atoms with Gasteiger partial charge in [-0.3, -0.25) is 10.1 Å². The first kappa shape index (κ1) is 13.4. The summed E-state index contributed by atoms with van der Waals surface area (Å²) in [7, 11) is 0. The first-order valence-corrected chi connectivity index (χ1v) is 4.89. The lowest BCUT2D eigenvalue weighted by Crippen LogP contribution is -2.30. The van der Waals surface area contributed by atoms with Gasteiger partial charge in [-0.25, -0.2) is 0 Å². The van der Waals surface area contributed by atoms with Crippen LogP contribution in [0.2, 0.25) is 0 Å². The molecule has 0 aromatic heterocycles. The number of hydrogen-bond donors (Lipinski definition) is 1. The molecule has 0 amide bonds. The zero-order valence-corrected chi connectivity index (χ0v) is 8.83. The van der Waals surface area contributed by atoms with Crippen LogP contribution in [0.15, 0.2) is 24.3 Å². The van der Waals surface area contributed by atoms with Gasteiger partial charge >= 0.3 is 6.18 Å². The zero-order valence-electron chi connectivity index (χ0n) is 8.83. The van der Waals surface area contributed by atoms with E-state index in [2.05, 4.69) is 5.32 Å². The Balaban J connectivity index is 2.35. The average Bonchev–Trinajstić information content (AvgIpc) is 2.24. The third-order valence-electron chi connectivity index (χ3n) is 2.06. The Labute approximate surface area is 95.6 Å². The third-order valence-corrected chi connectivity index (χ3v) is 2.06. The molecule has 1 aromatic rings. The predicted octanol–water partition coefficient (Wildman–Crippen LogP) is 2.29. The van der Waals surface area contributed by atoms with Crippen LogP contribution in [0, 0.1) is 10.1 Å². The monoisotopic (exact) mass is 248 g/mol. The maximum absolute atomic E-state index is 11.8. The number of nitrogens with zero attached hydrogens (tertiary/aromatic N) is 1. The second kappa shape index (κ2) is 5.62. The molecule has 0 atom stereocenters. The van der Waals surface area contributed by atoms with Gasteiger partial charge in [-0.2, -0.15) is 13.2 Å². The molecule has 0 spiro atoms. The van der Waals surface area contributed by atoms with E-state index in [4.69, 9.17) is 0 Å². The van der Waals surface area contributed by atoms with E-state index < -0.39 is 17.6 Å². The minimum atomic E-state index is -4.21. The molecule has 1 aromatic carbocycles. The van der Waals surface area contributed by atoms with Gasteiger partial charge in [0.15, 0.2) is 0 Å². The normalized spacial score (nSPS) is 11.5. The van der Waals surface area contributed by atoms with E-state index in [0.29, 0.717) is 6.42 Å². The molecule has 0 heterocycles. The largest absolute Gasteiger partial charge is 0.401 e. The van der Waals surface area contributed by atoms with Crippen molar-refractivity contribution < 1.29 is 18.1 Å². The molecule has 4 nitrogen and oxygen atoms in total. The number of non-ortho nitro benzene ring substituents is 1. The Kier molecular flexibility index (Phi) is 4.45. The van der Waals surface area contributed by atoms with Gasteiger partial charge in [0.2, 0.25) is 0 Å². The number of nitro groups is 1. The number of benzene rings is 1. The van der Waals surface area contributed by atoms with Crippen LogP contribution in [0.1, 0.15) is 5.56 Å². The second-order valence-electron chi connectivity index (χ2n) is 3.47. The van der Waals surface area contributed by atoms with Crippen LogP contribution < -0.4 is 5.32 Å². The summed E-state index contributed by atoms with van der Waals surface area (Å²) in [6.07, 6.45) is -3.82. The van der Waals surface area contributed by atoms with Gasteiger partial charge < -0.3 is 5.32 Å². The fourth-order valence-electron chi connectivity index (χ4n) is 1.25. The first-order chi connectivity index (χ1) is 7.88. The highest BCUT2D eigenvalue weighted by molar-refractivity contribution is 5.32. The van der Waals surface area contributed by atoms with Crippen molar-refractivity contribution in [3.05, 3.63) is 39.9 Å². The van der Waals surface area contributed by atoms with Crippen LogP contribution in [0.5, 0.6) is 0 Å². The predicted molar refractivity (Wildman–Crippen MR) is 55.7 cm³/mol. The SMILES string of the molecule is O=[N+]([O-])c1ccc(CCNCC(F)(F)F)cc1. The summed E-state index contributed by atoms with van der Waals surface area (Å²) in [6.45, 7) is -0.850. The summed E-state index contributed by atoms with van der Waals surface area (Å²) >= 11 is 0. The topological polar surface area (TPSA) is 55.2 Å². The van der Waals surface area contributed by atoms with E-state index >= 15 is 0 Å². The van der Waals surface area contributed by atoms with Crippen molar-refractivity contribution in [3.8, 4) is 0 Å². The molecule has 17 heavy (non-hydrogen) atoms. The van der Waals surface area contributed by atoms with E-state index in [1.807, 2.05) is 0 Å². The van der Waals surface area contributed by atoms with Gasteiger partial charge in [0.05, 0.1) is 11.5 Å². The summed E-state index contributed by atoms with van der Waals surface area (Å²) in [5.41, 5.74) is 0.724. The molecular weight excluding hydrogens is 237 g/mol. The van der Waals surface area contributed by atoms with E-state index in [9.17, 15) is 23.3 Å². The lowest BCUT2D eigenvalue weighted by atomic mass is 10.1. The molecule has 0 saturated heterocycles. The molecule has 0 fully saturated rings. The quantitative estimate of drug-likeness (QED) is 0.494. The Bertz CT molecular complexity index is 376. The molecular formula is C10H11F3N2O2. The highest BCUT2D eigenvalue weighted by Gasteiger charge is 2.25. The van der Waals surface area contributed by atoms with Gasteiger partial charge in [0.1, 0.15) is 0 Å². The number of halogens is 3. The van der Waals surface area contributed by atoms with Crippen molar-refractivity contribution in [1.29, 1.82) is 0 Å². The molecule has 94 valence electrons. The van der Waals surface area contributed by atoms with Crippen molar-refractivity contribution in [2.45, 2.75) is 12.6 Å². The standard InChI is InChI=1S/C10H11F3N2O2/c11-10(12,13)7-14-6-5-8-1-3-9(4-2-8)15(16)17/h1-4,14H,5-7H2. The molecule has 0 radical (unpaired) electrons. The smallest absolute Gasteiger partial charge is 0.308 e. The Morgan fingerprint density at radius 3 is 2.29 bits per heavy atom. The van der Waals surface area contributed by atoms with Gasteiger partial charge in [0.25, 0.3) is 5.69 Å². The molecule has 1 N–H and O–H groups in total. The highest BCUT2D eigenvalue weighted by atomic mass is 19.4. The minimum Gasteiger partial charge on any atom is -0.308 e. The van der Waals surface area contributed by atoms with E-state index in [1.54, 1.807) is 0 Å². The first-order valence-electron chi connectivity index (χ1n) is 4.89. The molecule has 0 unspecified atom stereocenters. The summed E-state index contributed by atoms with van der Waals surface area (Å²) in [4.78, 5) is 9.83. The van der Waals surface area contributed by atoms with Crippen LogP contribution >= 0.6 is 0 Å². The fraction of sp³-hybridized carbons (Fsp3) is 0.400. The van der Waals surface area contributed by atoms with Crippen LogP contribution in [-0.2, 0) is 6.42 Å². The zero-order chi connectivity index (χ0) is 12.9. The summed E-state index contributed by atoms with van der Waals surface area (Å²) in [6, 6.07) is 5.74. The number of nitrogens with one attached hydrogen (secondary N) is 1. The van der Waals surface area contributed by atoms with Crippen molar-refractivity contribution in [2.75, 3.05) is 13.1 Å². The number of alkyl halides is 3. The Morgan fingerprint density at radius 2 is 1.82 bits per heavy atom. The van der Waals surface area contributed by atoms with Crippen molar-refractivity contribution in [2.24, 2.45) is 0 Å².